The van der Waals surface area contributed by atoms with E-state index in [4.69, 9.17) is 4.98 Å². The summed E-state index contributed by atoms with van der Waals surface area (Å²) in [5.74, 6) is 0. The summed E-state index contributed by atoms with van der Waals surface area (Å²) in [5.41, 5.74) is 7.90. The smallest absolute Gasteiger partial charge is 0.274 e. The van der Waals surface area contributed by atoms with Crippen molar-refractivity contribution in [2.45, 2.75) is 0 Å². The predicted molar refractivity (Wildman–Crippen MR) is 160 cm³/mol. The molecule has 4 aromatic carbocycles. The summed E-state index contributed by atoms with van der Waals surface area (Å²) < 4.78 is 5.68. The SMILES string of the molecule is O=c1c(=Cc2cc(-c3ccccc3)n(-c3ccc(Br)cc3)c2-c2ccccc2)sc2nc3ccccc3n12. The van der Waals surface area contributed by atoms with E-state index in [1.807, 2.05) is 54.6 Å². The minimum Gasteiger partial charge on any atom is -0.309 e. The fourth-order valence-electron chi connectivity index (χ4n) is 4.96. The van der Waals surface area contributed by atoms with Gasteiger partial charge in [-0.25, -0.2) is 9.38 Å². The van der Waals surface area contributed by atoms with Crippen LogP contribution in [0.25, 0.3) is 50.3 Å². The fraction of sp³-hybridized carbons (Fsp3) is 0. The van der Waals surface area contributed by atoms with Gasteiger partial charge in [0.2, 0.25) is 0 Å². The molecule has 3 heterocycles. The molecule has 0 amide bonds. The number of hydrogen-bond acceptors (Lipinski definition) is 3. The summed E-state index contributed by atoms with van der Waals surface area (Å²) in [6, 6.07) is 39.0. The Bertz CT molecular complexity index is 2040. The molecule has 7 rings (SSSR count). The van der Waals surface area contributed by atoms with E-state index in [1.54, 1.807) is 4.40 Å². The van der Waals surface area contributed by atoms with Crippen LogP contribution >= 0.6 is 27.3 Å². The minimum absolute atomic E-state index is 0.0460. The highest BCUT2D eigenvalue weighted by molar-refractivity contribution is 9.10. The maximum absolute atomic E-state index is 13.6. The zero-order chi connectivity index (χ0) is 25.6. The molecule has 0 aliphatic carbocycles. The predicted octanol–water partition coefficient (Wildman–Crippen LogP) is 7.34. The van der Waals surface area contributed by atoms with Crippen LogP contribution < -0.4 is 10.1 Å². The molecular formula is C32H20BrN3OS. The summed E-state index contributed by atoms with van der Waals surface area (Å²) in [6.07, 6.45) is 2.01. The van der Waals surface area contributed by atoms with Crippen molar-refractivity contribution in [1.29, 1.82) is 0 Å². The van der Waals surface area contributed by atoms with Gasteiger partial charge >= 0.3 is 0 Å². The van der Waals surface area contributed by atoms with Crippen molar-refractivity contribution in [3.63, 3.8) is 0 Å². The van der Waals surface area contributed by atoms with E-state index in [9.17, 15) is 4.79 Å². The van der Waals surface area contributed by atoms with Gasteiger partial charge < -0.3 is 4.57 Å². The Morgan fingerprint density at radius 3 is 2.16 bits per heavy atom. The molecule has 0 saturated heterocycles. The van der Waals surface area contributed by atoms with Crippen molar-refractivity contribution >= 4 is 49.3 Å². The molecule has 0 unspecified atom stereocenters. The van der Waals surface area contributed by atoms with Crippen molar-refractivity contribution in [3.8, 4) is 28.2 Å². The highest BCUT2D eigenvalue weighted by Crippen LogP contribution is 2.36. The molecule has 0 bridgehead atoms. The third-order valence-electron chi connectivity index (χ3n) is 6.66. The fourth-order valence-corrected chi connectivity index (χ4v) is 6.21. The van der Waals surface area contributed by atoms with Gasteiger partial charge in [-0.05, 0) is 59.7 Å². The van der Waals surface area contributed by atoms with Crippen LogP contribution in [-0.2, 0) is 0 Å². The second-order valence-corrected chi connectivity index (χ2v) is 10.9. The maximum atomic E-state index is 13.6. The van der Waals surface area contributed by atoms with Crippen molar-refractivity contribution in [2.75, 3.05) is 0 Å². The Labute approximate surface area is 230 Å². The molecule has 0 fully saturated rings. The highest BCUT2D eigenvalue weighted by atomic mass is 79.9. The number of para-hydroxylation sites is 2. The Morgan fingerprint density at radius 1 is 0.763 bits per heavy atom. The second-order valence-electron chi connectivity index (χ2n) is 9.01. The van der Waals surface area contributed by atoms with Gasteiger partial charge in [-0.15, -0.1) is 0 Å². The van der Waals surface area contributed by atoms with Gasteiger partial charge in [-0.1, -0.05) is 100 Å². The molecule has 3 aromatic heterocycles. The third kappa shape index (κ3) is 3.81. The molecule has 0 saturated carbocycles. The van der Waals surface area contributed by atoms with Crippen LogP contribution in [0.5, 0.6) is 0 Å². The lowest BCUT2D eigenvalue weighted by Crippen LogP contribution is -2.22. The lowest BCUT2D eigenvalue weighted by molar-refractivity contribution is 1.09. The molecule has 0 spiro atoms. The zero-order valence-electron chi connectivity index (χ0n) is 20.1. The van der Waals surface area contributed by atoms with Gasteiger partial charge in [0.05, 0.1) is 27.0 Å². The Morgan fingerprint density at radius 2 is 1.42 bits per heavy atom. The van der Waals surface area contributed by atoms with Gasteiger partial charge in [0.25, 0.3) is 5.56 Å². The number of benzene rings is 4. The van der Waals surface area contributed by atoms with Crippen LogP contribution in [0, 0.1) is 0 Å². The molecule has 0 atom stereocenters. The van der Waals surface area contributed by atoms with E-state index in [0.29, 0.717) is 9.49 Å². The molecule has 38 heavy (non-hydrogen) atoms. The number of aromatic nitrogens is 3. The number of rotatable bonds is 4. The summed E-state index contributed by atoms with van der Waals surface area (Å²) in [6.45, 7) is 0. The van der Waals surface area contributed by atoms with Crippen LogP contribution in [0.4, 0.5) is 0 Å². The summed E-state index contributed by atoms with van der Waals surface area (Å²) in [4.78, 5) is 19.0. The number of thiazole rings is 1. The minimum atomic E-state index is -0.0460. The monoisotopic (exact) mass is 573 g/mol. The lowest BCUT2D eigenvalue weighted by Gasteiger charge is -2.15. The van der Waals surface area contributed by atoms with Gasteiger partial charge in [0, 0.05) is 15.7 Å². The van der Waals surface area contributed by atoms with Gasteiger partial charge in [-0.3, -0.25) is 4.79 Å². The topological polar surface area (TPSA) is 39.3 Å². The number of imidazole rings is 1. The molecular weight excluding hydrogens is 554 g/mol. The van der Waals surface area contributed by atoms with Gasteiger partial charge in [-0.2, -0.15) is 0 Å². The van der Waals surface area contributed by atoms with Crippen LogP contribution in [-0.4, -0.2) is 14.0 Å². The Kier molecular flexibility index (Phi) is 5.57. The van der Waals surface area contributed by atoms with E-state index in [2.05, 4.69) is 87.2 Å². The summed E-state index contributed by atoms with van der Waals surface area (Å²) >= 11 is 5.00. The highest BCUT2D eigenvalue weighted by Gasteiger charge is 2.19. The quantitative estimate of drug-likeness (QED) is 0.221. The van der Waals surface area contributed by atoms with Crippen molar-refractivity contribution in [1.82, 2.24) is 14.0 Å². The van der Waals surface area contributed by atoms with Crippen molar-refractivity contribution in [2.24, 2.45) is 0 Å². The van der Waals surface area contributed by atoms with Crippen molar-refractivity contribution in [3.05, 3.63) is 140 Å². The average molecular weight is 575 g/mol. The number of fused-ring (bicyclic) bond motifs is 3. The third-order valence-corrected chi connectivity index (χ3v) is 8.16. The Hall–Kier alpha value is -4.26. The molecule has 0 radical (unpaired) electrons. The number of halogens is 1. The van der Waals surface area contributed by atoms with E-state index >= 15 is 0 Å². The largest absolute Gasteiger partial charge is 0.309 e. The summed E-state index contributed by atoms with van der Waals surface area (Å²) in [5, 5.41) is 0. The first kappa shape index (κ1) is 22.9. The van der Waals surface area contributed by atoms with E-state index < -0.39 is 0 Å². The van der Waals surface area contributed by atoms with Crippen LogP contribution in [0.15, 0.2) is 125 Å². The second kappa shape index (κ2) is 9.24. The van der Waals surface area contributed by atoms with E-state index in [0.717, 1.165) is 49.3 Å². The zero-order valence-corrected chi connectivity index (χ0v) is 22.5. The molecule has 6 heteroatoms. The van der Waals surface area contributed by atoms with E-state index in [-0.39, 0.29) is 5.56 Å². The van der Waals surface area contributed by atoms with Crippen LogP contribution in [0.1, 0.15) is 5.56 Å². The number of hydrogen-bond donors (Lipinski definition) is 0. The molecule has 182 valence electrons. The first-order valence-electron chi connectivity index (χ1n) is 12.2. The standard InChI is InChI=1S/C32H20BrN3OS/c33-24-15-17-25(18-16-24)35-28(21-9-3-1-4-10-21)19-23(30(35)22-11-5-2-6-12-22)20-29-31(37)36-27-14-8-7-13-26(27)34-32(36)38-29/h1-20H. The first-order chi connectivity index (χ1) is 18.7. The van der Waals surface area contributed by atoms with Crippen molar-refractivity contribution < 1.29 is 0 Å². The molecule has 7 aromatic rings. The molecule has 0 aliphatic heterocycles. The Balaban J connectivity index is 1.56. The lowest BCUT2D eigenvalue weighted by atomic mass is 10.1. The van der Waals surface area contributed by atoms with Gasteiger partial charge in [0.15, 0.2) is 4.96 Å². The maximum Gasteiger partial charge on any atom is 0.274 e. The summed E-state index contributed by atoms with van der Waals surface area (Å²) in [7, 11) is 0. The van der Waals surface area contributed by atoms with E-state index in [1.165, 1.54) is 11.3 Å². The average Bonchev–Trinajstić information content (AvgIpc) is 3.61. The molecule has 4 nitrogen and oxygen atoms in total. The van der Waals surface area contributed by atoms with Crippen LogP contribution in [0.3, 0.4) is 0 Å². The number of nitrogens with zero attached hydrogens (tertiary/aromatic N) is 3. The molecule has 0 aliphatic rings. The molecule has 0 N–H and O–H groups in total. The first-order valence-corrected chi connectivity index (χ1v) is 13.8. The van der Waals surface area contributed by atoms with Gasteiger partial charge in [0.1, 0.15) is 0 Å². The normalized spacial score (nSPS) is 12.1. The van der Waals surface area contributed by atoms with Crippen LogP contribution in [0.2, 0.25) is 0 Å².